The molecule has 1 fully saturated rings. The van der Waals surface area contributed by atoms with Crippen LogP contribution in [0.4, 0.5) is 0 Å². The Bertz CT molecular complexity index is 661. The summed E-state index contributed by atoms with van der Waals surface area (Å²) in [6, 6.07) is 0. The highest BCUT2D eigenvalue weighted by Gasteiger charge is 2.69. The fraction of sp³-hybridized carbons (Fsp3) is 0.692. The van der Waals surface area contributed by atoms with E-state index in [9.17, 15) is 18.0 Å². The molecular formula is C13H18BrNO5S. The number of amides is 1. The molecule has 118 valence electrons. The first-order valence-electron chi connectivity index (χ1n) is 6.41. The number of ether oxygens (including phenoxy) is 1. The van der Waals surface area contributed by atoms with Crippen LogP contribution in [0.25, 0.3) is 0 Å². The molecule has 0 spiro atoms. The summed E-state index contributed by atoms with van der Waals surface area (Å²) in [5.41, 5.74) is -0.134. The molecule has 1 saturated heterocycles. The molecule has 2 rings (SSSR count). The highest BCUT2D eigenvalue weighted by Crippen LogP contribution is 2.49. The number of alkyl halides is 1. The van der Waals surface area contributed by atoms with Gasteiger partial charge in [-0.3, -0.25) is 14.5 Å². The number of sulfone groups is 1. The second-order valence-corrected chi connectivity index (χ2v) is 9.63. The van der Waals surface area contributed by atoms with Crippen molar-refractivity contribution in [2.45, 2.75) is 37.6 Å². The normalized spacial score (nSPS) is 31.8. The fourth-order valence-electron chi connectivity index (χ4n) is 2.59. The van der Waals surface area contributed by atoms with Gasteiger partial charge in [-0.2, -0.15) is 0 Å². The number of fused-ring (bicyclic) bond motifs is 1. The van der Waals surface area contributed by atoms with Crippen molar-refractivity contribution >= 4 is 37.5 Å². The van der Waals surface area contributed by atoms with Crippen LogP contribution in [0.2, 0.25) is 0 Å². The molecule has 0 aromatic rings. The number of Topliss-reactive ketones (excluding diaryl/α,β-unsaturated/α-hetero) is 1. The van der Waals surface area contributed by atoms with Crippen molar-refractivity contribution in [2.24, 2.45) is 5.41 Å². The first kappa shape index (κ1) is 16.6. The lowest BCUT2D eigenvalue weighted by atomic mass is 9.86. The number of halogens is 1. The third-order valence-electron chi connectivity index (χ3n) is 3.66. The van der Waals surface area contributed by atoms with Crippen LogP contribution >= 0.6 is 15.9 Å². The number of rotatable bonds is 2. The van der Waals surface area contributed by atoms with E-state index in [1.165, 1.54) is 7.11 Å². The van der Waals surface area contributed by atoms with E-state index in [0.29, 0.717) is 5.57 Å². The summed E-state index contributed by atoms with van der Waals surface area (Å²) >= 11 is 3.07. The topological polar surface area (TPSA) is 80.8 Å². The van der Waals surface area contributed by atoms with Crippen molar-refractivity contribution < 1.29 is 22.7 Å². The van der Waals surface area contributed by atoms with Crippen molar-refractivity contribution in [1.82, 2.24) is 4.90 Å². The number of methoxy groups -OCH3 is 1. The third-order valence-corrected chi connectivity index (χ3v) is 7.12. The number of hydrogen-bond donors (Lipinski definition) is 0. The molecule has 2 aliphatic rings. The molecule has 6 nitrogen and oxygen atoms in total. The van der Waals surface area contributed by atoms with E-state index >= 15 is 0 Å². The maximum absolute atomic E-state index is 12.6. The van der Waals surface area contributed by atoms with Gasteiger partial charge in [0.2, 0.25) is 4.51 Å². The van der Waals surface area contributed by atoms with Gasteiger partial charge in [-0.25, -0.2) is 8.42 Å². The molecular weight excluding hydrogens is 362 g/mol. The van der Waals surface area contributed by atoms with Crippen LogP contribution in [-0.4, -0.2) is 47.8 Å². The summed E-state index contributed by atoms with van der Waals surface area (Å²) in [7, 11) is -2.35. The number of carbonyl (C=O) groups is 2. The average Bonchev–Trinajstić information content (AvgIpc) is 2.33. The molecule has 21 heavy (non-hydrogen) atoms. The fourth-order valence-corrected chi connectivity index (χ4v) is 5.92. The monoisotopic (exact) mass is 379 g/mol. The van der Waals surface area contributed by atoms with Gasteiger partial charge in [0.05, 0.1) is 11.4 Å². The van der Waals surface area contributed by atoms with Gasteiger partial charge in [0, 0.05) is 12.5 Å². The van der Waals surface area contributed by atoms with Gasteiger partial charge in [-0.15, -0.1) is 0 Å². The third kappa shape index (κ3) is 2.19. The number of carbonyl (C=O) groups excluding carboxylic acids is 2. The van der Waals surface area contributed by atoms with E-state index in [0.717, 1.165) is 4.90 Å². The Hall–Kier alpha value is -0.730. The van der Waals surface area contributed by atoms with E-state index in [1.54, 1.807) is 27.7 Å². The van der Waals surface area contributed by atoms with Gasteiger partial charge in [0.15, 0.2) is 21.0 Å². The summed E-state index contributed by atoms with van der Waals surface area (Å²) in [6.07, 6.45) is 0. The number of nitrogens with zero attached hydrogens (tertiary/aromatic N) is 1. The molecule has 2 atom stereocenters. The van der Waals surface area contributed by atoms with Crippen molar-refractivity contribution in [1.29, 1.82) is 0 Å². The number of allylic oxidation sites excluding steroid dienone is 1. The Morgan fingerprint density at radius 1 is 1.43 bits per heavy atom. The second kappa shape index (κ2) is 4.63. The van der Waals surface area contributed by atoms with Crippen molar-refractivity contribution in [3.63, 3.8) is 0 Å². The lowest BCUT2D eigenvalue weighted by Gasteiger charge is -2.53. The van der Waals surface area contributed by atoms with Crippen LogP contribution in [0.3, 0.4) is 0 Å². The quantitative estimate of drug-likeness (QED) is 0.532. The van der Waals surface area contributed by atoms with Gasteiger partial charge in [0.1, 0.15) is 0 Å². The average molecular weight is 380 g/mol. The highest BCUT2D eigenvalue weighted by molar-refractivity contribution is 9.10. The molecule has 2 aliphatic heterocycles. The van der Waals surface area contributed by atoms with Crippen molar-refractivity contribution in [3.05, 3.63) is 11.3 Å². The number of β-lactam (4-membered cyclic amide) rings is 1. The SMILES string of the molecule is COC1(Br)C(=O)N2C(C(=O)C(C)(C)C)=C(C)CS(=O)(=O)[C@@H]21. The van der Waals surface area contributed by atoms with Crippen LogP contribution in [0.1, 0.15) is 27.7 Å². The minimum absolute atomic E-state index is 0.180. The molecule has 2 heterocycles. The zero-order valence-electron chi connectivity index (χ0n) is 12.6. The summed E-state index contributed by atoms with van der Waals surface area (Å²) in [5.74, 6) is -1.07. The van der Waals surface area contributed by atoms with Gasteiger partial charge in [0.25, 0.3) is 5.91 Å². The number of hydrogen-bond acceptors (Lipinski definition) is 5. The molecule has 0 bridgehead atoms. The maximum atomic E-state index is 12.6. The smallest absolute Gasteiger partial charge is 0.275 e. The summed E-state index contributed by atoms with van der Waals surface area (Å²) < 4.78 is 28.1. The standard InChI is InChI=1S/C13H18BrNO5S/c1-7-6-21(18,19)11-13(14,20-5)10(17)15(11)8(7)9(16)12(2,3)4/h11H,6H2,1-5H3/t11-,13?/m1/s1. The van der Waals surface area contributed by atoms with Crippen molar-refractivity contribution in [3.8, 4) is 0 Å². The lowest BCUT2D eigenvalue weighted by molar-refractivity contribution is -0.165. The van der Waals surface area contributed by atoms with Gasteiger partial charge < -0.3 is 4.74 Å². The van der Waals surface area contributed by atoms with Crippen LogP contribution in [-0.2, 0) is 24.2 Å². The van der Waals surface area contributed by atoms with E-state index < -0.39 is 31.0 Å². The van der Waals surface area contributed by atoms with Crippen LogP contribution in [0.15, 0.2) is 11.3 Å². The van der Waals surface area contributed by atoms with Gasteiger partial charge in [-0.05, 0) is 28.4 Å². The largest absolute Gasteiger partial charge is 0.355 e. The Morgan fingerprint density at radius 2 is 1.95 bits per heavy atom. The molecule has 0 aliphatic carbocycles. The molecule has 0 saturated carbocycles. The zero-order valence-corrected chi connectivity index (χ0v) is 15.0. The van der Waals surface area contributed by atoms with E-state index in [2.05, 4.69) is 15.9 Å². The zero-order chi connectivity index (χ0) is 16.4. The maximum Gasteiger partial charge on any atom is 0.275 e. The van der Waals surface area contributed by atoms with Gasteiger partial charge >= 0.3 is 0 Å². The summed E-state index contributed by atoms with van der Waals surface area (Å²) in [4.78, 5) is 26.0. The molecule has 0 aromatic heterocycles. The molecule has 0 aromatic carbocycles. The van der Waals surface area contributed by atoms with E-state index in [-0.39, 0.29) is 17.2 Å². The molecule has 8 heteroatoms. The Labute approximate surface area is 132 Å². The van der Waals surface area contributed by atoms with Gasteiger partial charge in [-0.1, -0.05) is 20.8 Å². The number of ketones is 1. The Morgan fingerprint density at radius 3 is 2.38 bits per heavy atom. The minimum Gasteiger partial charge on any atom is -0.355 e. The first-order chi connectivity index (χ1) is 9.38. The van der Waals surface area contributed by atoms with Crippen LogP contribution in [0.5, 0.6) is 0 Å². The molecule has 0 radical (unpaired) electrons. The highest BCUT2D eigenvalue weighted by atomic mass is 79.9. The van der Waals surface area contributed by atoms with Crippen LogP contribution in [0, 0.1) is 5.41 Å². The van der Waals surface area contributed by atoms with E-state index in [4.69, 9.17) is 4.74 Å². The Kier molecular flexibility index (Phi) is 3.67. The predicted molar refractivity (Wildman–Crippen MR) is 80.2 cm³/mol. The predicted octanol–water partition coefficient (Wildman–Crippen LogP) is 1.21. The molecule has 1 unspecified atom stereocenters. The van der Waals surface area contributed by atoms with Crippen LogP contribution < -0.4 is 0 Å². The minimum atomic E-state index is -3.61. The molecule has 0 N–H and O–H groups in total. The van der Waals surface area contributed by atoms with E-state index in [1.807, 2.05) is 0 Å². The molecule has 1 amide bonds. The second-order valence-electron chi connectivity index (χ2n) is 6.39. The summed E-state index contributed by atoms with van der Waals surface area (Å²) in [5, 5.41) is -1.20. The lowest BCUT2D eigenvalue weighted by Crippen LogP contribution is -2.76. The van der Waals surface area contributed by atoms with Crippen molar-refractivity contribution in [2.75, 3.05) is 12.9 Å². The Balaban J connectivity index is 2.60. The summed E-state index contributed by atoms with van der Waals surface area (Å²) in [6.45, 7) is 6.77. The first-order valence-corrected chi connectivity index (χ1v) is 8.92.